The van der Waals surface area contributed by atoms with E-state index in [1.54, 1.807) is 12.3 Å². The van der Waals surface area contributed by atoms with Crippen LogP contribution in [0, 0.1) is 13.1 Å². The molecule has 65 valence electrons. The van der Waals surface area contributed by atoms with Crippen LogP contribution in [0.4, 0.5) is 11.1 Å². The maximum atomic E-state index is 4.22. The number of aromatic nitrogens is 3. The molecule has 2 rings (SSSR count). The van der Waals surface area contributed by atoms with Gasteiger partial charge in [-0.15, -0.1) is 11.3 Å². The van der Waals surface area contributed by atoms with Gasteiger partial charge in [0.25, 0.3) is 0 Å². The molecule has 0 aliphatic heterocycles. The maximum Gasteiger partial charge on any atom is 0.229 e. The van der Waals surface area contributed by atoms with Gasteiger partial charge in [-0.3, -0.25) is 0 Å². The summed E-state index contributed by atoms with van der Waals surface area (Å²) in [4.78, 5) is 12.1. The van der Waals surface area contributed by atoms with E-state index in [0.717, 1.165) is 10.8 Å². The monoisotopic (exact) mass is 191 g/mol. The Morgan fingerprint density at radius 2 is 2.46 bits per heavy atom. The fourth-order valence-electron chi connectivity index (χ4n) is 0.836. The Kier molecular flexibility index (Phi) is 2.18. The van der Waals surface area contributed by atoms with Gasteiger partial charge < -0.3 is 5.32 Å². The Balaban J connectivity index is 2.15. The van der Waals surface area contributed by atoms with E-state index in [4.69, 9.17) is 0 Å². The lowest BCUT2D eigenvalue weighted by Crippen LogP contribution is -1.94. The minimum Gasteiger partial charge on any atom is -0.300 e. The second kappa shape index (κ2) is 3.49. The first-order valence-electron chi connectivity index (χ1n) is 3.73. The van der Waals surface area contributed by atoms with Crippen molar-refractivity contribution in [1.82, 2.24) is 15.0 Å². The third-order valence-corrected chi connectivity index (χ3v) is 2.23. The molecule has 0 aliphatic carbocycles. The first-order chi connectivity index (χ1) is 6.34. The summed E-state index contributed by atoms with van der Waals surface area (Å²) in [6.45, 7) is 1.94. The summed E-state index contributed by atoms with van der Waals surface area (Å²) >= 11 is 1.53. The van der Waals surface area contributed by atoms with Crippen molar-refractivity contribution in [2.45, 2.75) is 6.92 Å². The molecule has 0 spiro atoms. The molecule has 0 saturated heterocycles. The van der Waals surface area contributed by atoms with Gasteiger partial charge in [0.15, 0.2) is 5.13 Å². The Morgan fingerprint density at radius 3 is 3.08 bits per heavy atom. The zero-order valence-corrected chi connectivity index (χ0v) is 7.80. The van der Waals surface area contributed by atoms with Gasteiger partial charge in [0, 0.05) is 11.6 Å². The molecule has 2 aromatic heterocycles. The van der Waals surface area contributed by atoms with Crippen molar-refractivity contribution in [2.75, 3.05) is 5.32 Å². The number of rotatable bonds is 2. The van der Waals surface area contributed by atoms with E-state index in [-0.39, 0.29) is 0 Å². The number of thiazole rings is 1. The largest absolute Gasteiger partial charge is 0.300 e. The van der Waals surface area contributed by atoms with Crippen LogP contribution in [-0.2, 0) is 0 Å². The normalized spacial score (nSPS) is 9.92. The van der Waals surface area contributed by atoms with Gasteiger partial charge in [-0.25, -0.2) is 15.0 Å². The number of anilines is 2. The lowest BCUT2D eigenvalue weighted by atomic mass is 10.6. The second-order valence-corrected chi connectivity index (χ2v) is 3.29. The topological polar surface area (TPSA) is 50.7 Å². The van der Waals surface area contributed by atoms with Gasteiger partial charge in [0.2, 0.25) is 5.95 Å². The van der Waals surface area contributed by atoms with Crippen LogP contribution in [0.2, 0.25) is 0 Å². The highest BCUT2D eigenvalue weighted by Crippen LogP contribution is 2.17. The predicted octanol–water partition coefficient (Wildman–Crippen LogP) is 1.79. The van der Waals surface area contributed by atoms with Crippen molar-refractivity contribution in [1.29, 1.82) is 0 Å². The molecule has 1 N–H and O–H groups in total. The van der Waals surface area contributed by atoms with Crippen LogP contribution in [0.3, 0.4) is 0 Å². The molecule has 1 radical (unpaired) electrons. The van der Waals surface area contributed by atoms with Crippen molar-refractivity contribution >= 4 is 22.4 Å². The van der Waals surface area contributed by atoms with Crippen LogP contribution in [0.1, 0.15) is 5.69 Å². The zero-order valence-electron chi connectivity index (χ0n) is 6.98. The molecule has 0 fully saturated rings. The van der Waals surface area contributed by atoms with Gasteiger partial charge in [0.05, 0.1) is 11.9 Å². The van der Waals surface area contributed by atoms with E-state index in [1.807, 2.05) is 12.3 Å². The molecule has 2 heterocycles. The predicted molar refractivity (Wildman–Crippen MR) is 51.0 cm³/mol. The van der Waals surface area contributed by atoms with Crippen molar-refractivity contribution in [3.05, 3.63) is 29.5 Å². The Bertz CT molecular complexity index is 384. The number of hydrogen-bond acceptors (Lipinski definition) is 5. The fourth-order valence-corrected chi connectivity index (χ4v) is 1.52. The summed E-state index contributed by atoms with van der Waals surface area (Å²) in [5.41, 5.74) is 0.993. The number of aryl methyl sites for hydroxylation is 1. The minimum atomic E-state index is 0.525. The summed E-state index contributed by atoms with van der Waals surface area (Å²) in [5.74, 6) is 0.525. The number of nitrogens with one attached hydrogen (secondary N) is 1. The van der Waals surface area contributed by atoms with Crippen LogP contribution in [0.5, 0.6) is 0 Å². The molecule has 4 nitrogen and oxygen atoms in total. The van der Waals surface area contributed by atoms with Crippen molar-refractivity contribution in [3.8, 4) is 0 Å². The quantitative estimate of drug-likeness (QED) is 0.786. The van der Waals surface area contributed by atoms with E-state index in [2.05, 4.69) is 26.5 Å². The van der Waals surface area contributed by atoms with Crippen LogP contribution in [0.25, 0.3) is 0 Å². The molecule has 0 aliphatic rings. The summed E-state index contributed by atoms with van der Waals surface area (Å²) in [6.07, 6.45) is 4.32. The third-order valence-electron chi connectivity index (χ3n) is 1.35. The molecule has 0 amide bonds. The van der Waals surface area contributed by atoms with Crippen molar-refractivity contribution in [3.63, 3.8) is 0 Å². The van der Waals surface area contributed by atoms with Crippen molar-refractivity contribution < 1.29 is 0 Å². The lowest BCUT2D eigenvalue weighted by Gasteiger charge is -1.96. The van der Waals surface area contributed by atoms with Gasteiger partial charge >= 0.3 is 0 Å². The van der Waals surface area contributed by atoms with Gasteiger partial charge in [-0.05, 0) is 13.0 Å². The summed E-state index contributed by atoms with van der Waals surface area (Å²) in [5, 5.41) is 5.75. The van der Waals surface area contributed by atoms with Crippen LogP contribution >= 0.6 is 11.3 Å². The highest BCUT2D eigenvalue weighted by atomic mass is 32.1. The van der Waals surface area contributed by atoms with Gasteiger partial charge in [-0.1, -0.05) is 0 Å². The van der Waals surface area contributed by atoms with Crippen LogP contribution in [0.15, 0.2) is 17.6 Å². The molecule has 13 heavy (non-hydrogen) atoms. The highest BCUT2D eigenvalue weighted by molar-refractivity contribution is 7.13. The zero-order chi connectivity index (χ0) is 9.10. The van der Waals surface area contributed by atoms with E-state index in [0.29, 0.717) is 5.95 Å². The average Bonchev–Trinajstić information content (AvgIpc) is 2.53. The molecule has 0 unspecified atom stereocenters. The molecule has 5 heteroatoms. The number of hydrogen-bond donors (Lipinski definition) is 1. The average molecular weight is 191 g/mol. The smallest absolute Gasteiger partial charge is 0.229 e. The highest BCUT2D eigenvalue weighted by Gasteiger charge is 1.99. The van der Waals surface area contributed by atoms with E-state index < -0.39 is 0 Å². The first-order valence-corrected chi connectivity index (χ1v) is 4.61. The molecular formula is C8H7N4S. The Hall–Kier alpha value is -1.49. The summed E-state index contributed by atoms with van der Waals surface area (Å²) in [6, 6.07) is 1.65. The number of nitrogens with zero attached hydrogens (tertiary/aromatic N) is 3. The second-order valence-electron chi connectivity index (χ2n) is 2.43. The molecule has 0 bridgehead atoms. The standard InChI is InChI=1S/C8H7N4S/c1-6-5-13-8(11-6)12-7-9-3-2-4-10-7/h2-3,5H,1H3,(H,9,10,11,12). The molecule has 0 aromatic carbocycles. The van der Waals surface area contributed by atoms with E-state index in [1.165, 1.54) is 11.3 Å². The van der Waals surface area contributed by atoms with Crippen molar-refractivity contribution in [2.24, 2.45) is 0 Å². The molecule has 0 saturated carbocycles. The maximum absolute atomic E-state index is 4.22. The lowest BCUT2D eigenvalue weighted by molar-refractivity contribution is 1.14. The molecular weight excluding hydrogens is 184 g/mol. The summed E-state index contributed by atoms with van der Waals surface area (Å²) < 4.78 is 0. The third kappa shape index (κ3) is 2.00. The van der Waals surface area contributed by atoms with Crippen LogP contribution in [-0.4, -0.2) is 15.0 Å². The first kappa shape index (κ1) is 8.12. The summed E-state index contributed by atoms with van der Waals surface area (Å²) in [7, 11) is 0. The minimum absolute atomic E-state index is 0.525. The van der Waals surface area contributed by atoms with Gasteiger partial charge in [0.1, 0.15) is 0 Å². The molecule has 2 aromatic rings. The van der Waals surface area contributed by atoms with Gasteiger partial charge in [-0.2, -0.15) is 0 Å². The van der Waals surface area contributed by atoms with E-state index in [9.17, 15) is 0 Å². The van der Waals surface area contributed by atoms with Crippen LogP contribution < -0.4 is 5.32 Å². The Morgan fingerprint density at radius 1 is 1.54 bits per heavy atom. The fraction of sp³-hybridized carbons (Fsp3) is 0.125. The molecule has 0 atom stereocenters. The van der Waals surface area contributed by atoms with E-state index >= 15 is 0 Å². The SMILES string of the molecule is Cc1csc(Nc2n[c]ccn2)n1. The Labute approximate surface area is 79.7 Å².